The van der Waals surface area contributed by atoms with Crippen molar-refractivity contribution in [2.45, 2.75) is 31.8 Å². The SMILES string of the molecule is C[C@H](NC(=O)[C@H]1CCCN1S(C)(=O)=O)c1ccc2c(c1)OCO2. The first-order valence-corrected chi connectivity index (χ1v) is 9.38. The molecule has 0 spiro atoms. The van der Waals surface area contributed by atoms with Crippen LogP contribution in [0.2, 0.25) is 0 Å². The van der Waals surface area contributed by atoms with Crippen LogP contribution in [0.1, 0.15) is 31.4 Å². The average Bonchev–Trinajstić information content (AvgIpc) is 3.14. The number of carbonyl (C=O) groups is 1. The van der Waals surface area contributed by atoms with Gasteiger partial charge in [0, 0.05) is 6.54 Å². The lowest BCUT2D eigenvalue weighted by atomic mass is 10.1. The van der Waals surface area contributed by atoms with Crippen LogP contribution in [0.25, 0.3) is 0 Å². The van der Waals surface area contributed by atoms with Crippen LogP contribution < -0.4 is 14.8 Å². The lowest BCUT2D eigenvalue weighted by molar-refractivity contribution is -0.124. The Labute approximate surface area is 135 Å². The van der Waals surface area contributed by atoms with Gasteiger partial charge >= 0.3 is 0 Å². The Morgan fingerprint density at radius 2 is 2.09 bits per heavy atom. The van der Waals surface area contributed by atoms with Gasteiger partial charge in [-0.05, 0) is 37.5 Å². The zero-order chi connectivity index (χ0) is 16.6. The third-order valence-corrected chi connectivity index (χ3v) is 5.48. The maximum absolute atomic E-state index is 12.4. The van der Waals surface area contributed by atoms with E-state index in [1.807, 2.05) is 19.1 Å². The molecular weight excluding hydrogens is 320 g/mol. The highest BCUT2D eigenvalue weighted by atomic mass is 32.2. The highest BCUT2D eigenvalue weighted by Gasteiger charge is 2.36. The molecule has 1 aromatic carbocycles. The van der Waals surface area contributed by atoms with Gasteiger partial charge in [-0.25, -0.2) is 8.42 Å². The number of hydrogen-bond donors (Lipinski definition) is 1. The molecule has 2 heterocycles. The van der Waals surface area contributed by atoms with E-state index in [2.05, 4.69) is 5.32 Å². The molecule has 1 fully saturated rings. The number of nitrogens with one attached hydrogen (secondary N) is 1. The second kappa shape index (κ2) is 6.01. The van der Waals surface area contributed by atoms with Crippen LogP contribution in [-0.4, -0.2) is 44.3 Å². The number of benzene rings is 1. The van der Waals surface area contributed by atoms with Gasteiger partial charge in [0.15, 0.2) is 11.5 Å². The summed E-state index contributed by atoms with van der Waals surface area (Å²) < 4.78 is 35.4. The molecule has 23 heavy (non-hydrogen) atoms. The molecule has 1 aromatic rings. The van der Waals surface area contributed by atoms with Gasteiger partial charge in [-0.1, -0.05) is 6.07 Å². The fourth-order valence-electron chi connectivity index (χ4n) is 2.97. The predicted octanol–water partition coefficient (Wildman–Crippen LogP) is 1.02. The van der Waals surface area contributed by atoms with Gasteiger partial charge in [0.25, 0.3) is 0 Å². The topological polar surface area (TPSA) is 84.9 Å². The van der Waals surface area contributed by atoms with Crippen LogP contribution in [0.15, 0.2) is 18.2 Å². The van der Waals surface area contributed by atoms with Crippen LogP contribution in [0.3, 0.4) is 0 Å². The summed E-state index contributed by atoms with van der Waals surface area (Å²) in [5, 5.41) is 2.89. The summed E-state index contributed by atoms with van der Waals surface area (Å²) in [6.45, 7) is 2.45. The maximum atomic E-state index is 12.4. The van der Waals surface area contributed by atoms with Gasteiger partial charge in [0.1, 0.15) is 6.04 Å². The third-order valence-electron chi connectivity index (χ3n) is 4.19. The van der Waals surface area contributed by atoms with E-state index in [0.29, 0.717) is 30.9 Å². The van der Waals surface area contributed by atoms with Crippen molar-refractivity contribution in [1.29, 1.82) is 0 Å². The first kappa shape index (κ1) is 16.1. The summed E-state index contributed by atoms with van der Waals surface area (Å²) in [4.78, 5) is 12.4. The van der Waals surface area contributed by atoms with E-state index in [-0.39, 0.29) is 18.7 Å². The normalized spacial score (nSPS) is 22.1. The molecule has 0 aromatic heterocycles. The van der Waals surface area contributed by atoms with E-state index in [1.165, 1.54) is 4.31 Å². The number of ether oxygens (including phenoxy) is 2. The van der Waals surface area contributed by atoms with E-state index in [9.17, 15) is 13.2 Å². The van der Waals surface area contributed by atoms with Crippen molar-refractivity contribution in [3.8, 4) is 11.5 Å². The van der Waals surface area contributed by atoms with Gasteiger partial charge < -0.3 is 14.8 Å². The lowest BCUT2D eigenvalue weighted by Gasteiger charge is -2.23. The Bertz CT molecular complexity index is 719. The summed E-state index contributed by atoms with van der Waals surface area (Å²) in [6, 6.07) is 4.62. The van der Waals surface area contributed by atoms with E-state index in [4.69, 9.17) is 9.47 Å². The quantitative estimate of drug-likeness (QED) is 0.884. The molecule has 0 bridgehead atoms. The Kier molecular flexibility index (Phi) is 4.20. The van der Waals surface area contributed by atoms with E-state index in [0.717, 1.165) is 11.8 Å². The summed E-state index contributed by atoms with van der Waals surface area (Å²) in [7, 11) is -3.37. The number of hydrogen-bond acceptors (Lipinski definition) is 5. The van der Waals surface area contributed by atoms with Gasteiger partial charge in [-0.15, -0.1) is 0 Å². The average molecular weight is 340 g/mol. The number of fused-ring (bicyclic) bond motifs is 1. The molecule has 2 aliphatic rings. The van der Waals surface area contributed by atoms with Gasteiger partial charge in [0.2, 0.25) is 22.7 Å². The maximum Gasteiger partial charge on any atom is 0.238 e. The van der Waals surface area contributed by atoms with Gasteiger partial charge in [-0.2, -0.15) is 4.31 Å². The fourth-order valence-corrected chi connectivity index (χ4v) is 4.10. The van der Waals surface area contributed by atoms with Gasteiger partial charge in [0.05, 0.1) is 12.3 Å². The van der Waals surface area contributed by atoms with Crippen LogP contribution in [0.5, 0.6) is 11.5 Å². The summed E-state index contributed by atoms with van der Waals surface area (Å²) in [6.07, 6.45) is 2.39. The second-order valence-electron chi connectivity index (χ2n) is 5.87. The highest BCUT2D eigenvalue weighted by Crippen LogP contribution is 2.34. The summed E-state index contributed by atoms with van der Waals surface area (Å²) in [5.74, 6) is 1.08. The molecule has 0 saturated carbocycles. The molecule has 126 valence electrons. The van der Waals surface area contributed by atoms with Crippen molar-refractivity contribution in [3.05, 3.63) is 23.8 Å². The molecule has 1 N–H and O–H groups in total. The van der Waals surface area contributed by atoms with E-state index < -0.39 is 16.1 Å². The minimum atomic E-state index is -3.37. The van der Waals surface area contributed by atoms with Crippen LogP contribution in [0, 0.1) is 0 Å². The van der Waals surface area contributed by atoms with Crippen LogP contribution >= 0.6 is 0 Å². The Balaban J connectivity index is 1.70. The zero-order valence-electron chi connectivity index (χ0n) is 13.1. The summed E-state index contributed by atoms with van der Waals surface area (Å²) >= 11 is 0. The molecule has 2 aliphatic heterocycles. The third kappa shape index (κ3) is 3.28. The largest absolute Gasteiger partial charge is 0.454 e. The Morgan fingerprint density at radius 1 is 1.35 bits per heavy atom. The highest BCUT2D eigenvalue weighted by molar-refractivity contribution is 7.88. The Morgan fingerprint density at radius 3 is 2.83 bits per heavy atom. The van der Waals surface area contributed by atoms with Gasteiger partial charge in [-0.3, -0.25) is 4.79 Å². The van der Waals surface area contributed by atoms with E-state index in [1.54, 1.807) is 6.07 Å². The number of sulfonamides is 1. The molecule has 3 rings (SSSR count). The molecule has 1 amide bonds. The first-order chi connectivity index (χ1) is 10.9. The second-order valence-corrected chi connectivity index (χ2v) is 7.81. The minimum Gasteiger partial charge on any atom is -0.454 e. The number of nitrogens with zero attached hydrogens (tertiary/aromatic N) is 1. The lowest BCUT2D eigenvalue weighted by Crippen LogP contribution is -2.46. The number of amides is 1. The van der Waals surface area contributed by atoms with Crippen LogP contribution in [-0.2, 0) is 14.8 Å². The Hall–Kier alpha value is -1.80. The molecule has 0 unspecified atom stereocenters. The number of carbonyl (C=O) groups excluding carboxylic acids is 1. The molecule has 2 atom stereocenters. The van der Waals surface area contributed by atoms with Crippen LogP contribution in [0.4, 0.5) is 0 Å². The molecular formula is C15H20N2O5S. The summed E-state index contributed by atoms with van der Waals surface area (Å²) in [5.41, 5.74) is 0.881. The standard InChI is InChI=1S/C15H20N2O5S/c1-10(11-5-6-13-14(8-11)22-9-21-13)16-15(18)12-4-3-7-17(12)23(2,19)20/h5-6,8,10,12H,3-4,7,9H2,1-2H3,(H,16,18)/t10-,12+/m0/s1. The molecule has 0 radical (unpaired) electrons. The molecule has 8 heteroatoms. The monoisotopic (exact) mass is 340 g/mol. The fraction of sp³-hybridized carbons (Fsp3) is 0.533. The van der Waals surface area contributed by atoms with Crippen molar-refractivity contribution in [2.24, 2.45) is 0 Å². The number of rotatable bonds is 4. The van der Waals surface area contributed by atoms with Crippen molar-refractivity contribution >= 4 is 15.9 Å². The van der Waals surface area contributed by atoms with Crippen molar-refractivity contribution in [3.63, 3.8) is 0 Å². The first-order valence-electron chi connectivity index (χ1n) is 7.53. The molecule has 7 nitrogen and oxygen atoms in total. The van der Waals surface area contributed by atoms with Crippen molar-refractivity contribution in [2.75, 3.05) is 19.6 Å². The predicted molar refractivity (Wildman–Crippen MR) is 83.7 cm³/mol. The van der Waals surface area contributed by atoms with Crippen molar-refractivity contribution in [1.82, 2.24) is 9.62 Å². The van der Waals surface area contributed by atoms with E-state index >= 15 is 0 Å². The molecule has 0 aliphatic carbocycles. The smallest absolute Gasteiger partial charge is 0.238 e. The minimum absolute atomic E-state index is 0.199. The van der Waals surface area contributed by atoms with Crippen molar-refractivity contribution < 1.29 is 22.7 Å². The molecule has 1 saturated heterocycles. The zero-order valence-corrected chi connectivity index (χ0v) is 13.9.